The van der Waals surface area contributed by atoms with Gasteiger partial charge in [0.05, 0.1) is 6.04 Å². The summed E-state index contributed by atoms with van der Waals surface area (Å²) in [4.78, 5) is 13.5. The molecule has 6 heteroatoms. The van der Waals surface area contributed by atoms with Gasteiger partial charge in [0.2, 0.25) is 0 Å². The fraction of sp³-hybridized carbons (Fsp3) is 0.444. The van der Waals surface area contributed by atoms with E-state index in [1.54, 1.807) is 17.8 Å². The Morgan fingerprint density at radius 1 is 1.42 bits per heavy atom. The summed E-state index contributed by atoms with van der Waals surface area (Å²) in [5.74, 6) is -0.0990. The number of benzene rings is 1. The van der Waals surface area contributed by atoms with Gasteiger partial charge in [-0.3, -0.25) is 9.48 Å². The second-order valence-electron chi connectivity index (χ2n) is 6.13. The van der Waals surface area contributed by atoms with Crippen LogP contribution in [0.3, 0.4) is 0 Å². The Hall–Kier alpha value is -1.79. The monoisotopic (exact) mass is 344 g/mol. The first-order chi connectivity index (χ1) is 11.7. The summed E-state index contributed by atoms with van der Waals surface area (Å²) in [5.41, 5.74) is 0.498. The molecule has 1 aromatic carbocycles. The topological polar surface area (TPSA) is 59.0 Å². The van der Waals surface area contributed by atoms with E-state index >= 15 is 0 Å². The lowest BCUT2D eigenvalue weighted by atomic mass is 10.1. The average molecular weight is 344 g/mol. The van der Waals surface area contributed by atoms with Crippen molar-refractivity contribution < 1.29 is 4.79 Å². The zero-order chi connectivity index (χ0) is 16.8. The fourth-order valence-corrected chi connectivity index (χ4v) is 3.77. The summed E-state index contributed by atoms with van der Waals surface area (Å²) >= 11 is 1.76. The normalized spacial score (nSPS) is 19.0. The molecule has 2 unspecified atom stereocenters. The number of carbonyl (C=O) groups is 1. The van der Waals surface area contributed by atoms with Gasteiger partial charge in [-0.1, -0.05) is 25.1 Å². The van der Waals surface area contributed by atoms with Crippen molar-refractivity contribution >= 4 is 17.7 Å². The van der Waals surface area contributed by atoms with Crippen LogP contribution in [0.1, 0.15) is 36.3 Å². The van der Waals surface area contributed by atoms with E-state index < -0.39 is 0 Å². The number of rotatable bonds is 6. The number of carbonyl (C=O) groups excluding carboxylic acids is 1. The molecule has 2 aromatic rings. The van der Waals surface area contributed by atoms with E-state index in [1.807, 2.05) is 29.1 Å². The number of nitrogens with zero attached hydrogens (tertiary/aromatic N) is 2. The smallest absolute Gasteiger partial charge is 0.271 e. The van der Waals surface area contributed by atoms with Crippen molar-refractivity contribution in [2.75, 3.05) is 19.6 Å². The van der Waals surface area contributed by atoms with Crippen LogP contribution in [0, 0.1) is 0 Å². The van der Waals surface area contributed by atoms with Crippen molar-refractivity contribution in [2.24, 2.45) is 0 Å². The van der Waals surface area contributed by atoms with Crippen molar-refractivity contribution in [3.63, 3.8) is 0 Å². The Kier molecular flexibility index (Phi) is 5.93. The molecule has 3 rings (SSSR count). The third-order valence-electron chi connectivity index (χ3n) is 4.12. The van der Waals surface area contributed by atoms with Crippen LogP contribution < -0.4 is 10.6 Å². The number of nitrogens with one attached hydrogen (secondary N) is 2. The number of hydrogen-bond acceptors (Lipinski definition) is 4. The highest BCUT2D eigenvalue weighted by molar-refractivity contribution is 8.00. The highest BCUT2D eigenvalue weighted by Gasteiger charge is 2.18. The Morgan fingerprint density at radius 3 is 3.00 bits per heavy atom. The molecule has 0 aliphatic carbocycles. The van der Waals surface area contributed by atoms with Crippen LogP contribution in [0.15, 0.2) is 47.5 Å². The van der Waals surface area contributed by atoms with Crippen LogP contribution in [-0.4, -0.2) is 40.6 Å². The quantitative estimate of drug-likeness (QED) is 0.791. The maximum Gasteiger partial charge on any atom is 0.271 e. The van der Waals surface area contributed by atoms with Gasteiger partial charge < -0.3 is 10.6 Å². The fourth-order valence-electron chi connectivity index (χ4n) is 2.82. The van der Waals surface area contributed by atoms with Crippen LogP contribution >= 0.6 is 11.8 Å². The molecular formula is C18H24N4OS. The molecule has 0 radical (unpaired) electrons. The lowest BCUT2D eigenvalue weighted by Gasteiger charge is -2.22. The van der Waals surface area contributed by atoms with Crippen LogP contribution in [-0.2, 0) is 0 Å². The van der Waals surface area contributed by atoms with Gasteiger partial charge in [-0.2, -0.15) is 5.10 Å². The Bertz CT molecular complexity index is 652. The molecule has 0 bridgehead atoms. The highest BCUT2D eigenvalue weighted by atomic mass is 32.2. The standard InChI is InChI=1S/C18H24N4OS/c1-14(24-16-7-3-2-4-8-16)12-20-18(23)17-9-11-22(21-17)15-6-5-10-19-13-15/h2-4,7-9,11,14-15,19H,5-6,10,12-13H2,1H3,(H,20,23). The molecule has 2 heterocycles. The number of hydrogen-bond donors (Lipinski definition) is 2. The van der Waals surface area contributed by atoms with Crippen molar-refractivity contribution in [1.82, 2.24) is 20.4 Å². The van der Waals surface area contributed by atoms with Crippen molar-refractivity contribution in [3.8, 4) is 0 Å². The summed E-state index contributed by atoms with van der Waals surface area (Å²) in [6.07, 6.45) is 4.18. The second kappa shape index (κ2) is 8.35. The second-order valence-corrected chi connectivity index (χ2v) is 7.64. The first kappa shape index (κ1) is 17.0. The van der Waals surface area contributed by atoms with Gasteiger partial charge in [-0.05, 0) is 37.6 Å². The first-order valence-corrected chi connectivity index (χ1v) is 9.36. The molecule has 24 heavy (non-hydrogen) atoms. The molecule has 2 N–H and O–H groups in total. The number of piperidine rings is 1. The molecule has 1 aliphatic heterocycles. The lowest BCUT2D eigenvalue weighted by Crippen LogP contribution is -2.32. The summed E-state index contributed by atoms with van der Waals surface area (Å²) in [6.45, 7) is 4.73. The van der Waals surface area contributed by atoms with Crippen LogP contribution in [0.25, 0.3) is 0 Å². The molecule has 128 valence electrons. The summed E-state index contributed by atoms with van der Waals surface area (Å²) in [6, 6.07) is 12.4. The molecule has 1 amide bonds. The minimum Gasteiger partial charge on any atom is -0.350 e. The summed E-state index contributed by atoms with van der Waals surface area (Å²) in [7, 11) is 0. The van der Waals surface area contributed by atoms with E-state index in [2.05, 4.69) is 34.8 Å². The molecule has 1 aromatic heterocycles. The minimum atomic E-state index is -0.0990. The Balaban J connectivity index is 1.49. The predicted octanol–water partition coefficient (Wildman–Crippen LogP) is 2.72. The maximum absolute atomic E-state index is 12.3. The minimum absolute atomic E-state index is 0.0990. The van der Waals surface area contributed by atoms with Crippen molar-refractivity contribution in [2.45, 2.75) is 36.0 Å². The summed E-state index contributed by atoms with van der Waals surface area (Å²) in [5, 5.41) is 11.1. The zero-order valence-electron chi connectivity index (χ0n) is 13.9. The predicted molar refractivity (Wildman–Crippen MR) is 97.5 cm³/mol. The van der Waals surface area contributed by atoms with Gasteiger partial charge in [0, 0.05) is 29.4 Å². The molecule has 0 saturated carbocycles. The van der Waals surface area contributed by atoms with Crippen molar-refractivity contribution in [1.29, 1.82) is 0 Å². The third kappa shape index (κ3) is 4.61. The number of thioether (sulfide) groups is 1. The van der Waals surface area contributed by atoms with Crippen LogP contribution in [0.2, 0.25) is 0 Å². The molecular weight excluding hydrogens is 320 g/mol. The van der Waals surface area contributed by atoms with E-state index in [4.69, 9.17) is 0 Å². The molecule has 1 saturated heterocycles. The zero-order valence-corrected chi connectivity index (χ0v) is 14.8. The molecule has 1 aliphatic rings. The van der Waals surface area contributed by atoms with E-state index in [9.17, 15) is 4.79 Å². The van der Waals surface area contributed by atoms with E-state index in [0.717, 1.165) is 25.9 Å². The van der Waals surface area contributed by atoms with Crippen LogP contribution in [0.5, 0.6) is 0 Å². The third-order valence-corrected chi connectivity index (χ3v) is 5.23. The molecule has 1 fully saturated rings. The van der Waals surface area contributed by atoms with Crippen molar-refractivity contribution in [3.05, 3.63) is 48.3 Å². The van der Waals surface area contributed by atoms with Gasteiger partial charge in [-0.25, -0.2) is 0 Å². The van der Waals surface area contributed by atoms with Gasteiger partial charge in [0.1, 0.15) is 5.69 Å². The van der Waals surface area contributed by atoms with Gasteiger partial charge in [0.15, 0.2) is 0 Å². The average Bonchev–Trinajstić information content (AvgIpc) is 3.11. The Labute approximate surface area is 147 Å². The van der Waals surface area contributed by atoms with Crippen LogP contribution in [0.4, 0.5) is 0 Å². The van der Waals surface area contributed by atoms with E-state index in [-0.39, 0.29) is 5.91 Å². The lowest BCUT2D eigenvalue weighted by molar-refractivity contribution is 0.0947. The number of aromatic nitrogens is 2. The molecule has 0 spiro atoms. The molecule has 5 nitrogen and oxygen atoms in total. The largest absolute Gasteiger partial charge is 0.350 e. The van der Waals surface area contributed by atoms with Gasteiger partial charge in [-0.15, -0.1) is 11.8 Å². The SMILES string of the molecule is CC(CNC(=O)c1ccn(C2CCCNC2)n1)Sc1ccccc1. The molecule has 2 atom stereocenters. The first-order valence-electron chi connectivity index (χ1n) is 8.48. The Morgan fingerprint density at radius 2 is 2.25 bits per heavy atom. The highest BCUT2D eigenvalue weighted by Crippen LogP contribution is 2.22. The van der Waals surface area contributed by atoms with E-state index in [1.165, 1.54) is 4.90 Å². The van der Waals surface area contributed by atoms with Gasteiger partial charge >= 0.3 is 0 Å². The van der Waals surface area contributed by atoms with Gasteiger partial charge in [0.25, 0.3) is 5.91 Å². The van der Waals surface area contributed by atoms with E-state index in [0.29, 0.717) is 23.5 Å². The number of amides is 1. The summed E-state index contributed by atoms with van der Waals surface area (Å²) < 4.78 is 1.92. The maximum atomic E-state index is 12.3.